The Morgan fingerprint density at radius 2 is 1.62 bits per heavy atom. The molecule has 5 rings (SSSR count). The molecule has 0 radical (unpaired) electrons. The van der Waals surface area contributed by atoms with E-state index in [0.717, 1.165) is 41.6 Å². The van der Waals surface area contributed by atoms with Gasteiger partial charge >= 0.3 is 12.0 Å². The van der Waals surface area contributed by atoms with E-state index in [9.17, 15) is 14.7 Å². The topological polar surface area (TPSA) is 109 Å². The van der Waals surface area contributed by atoms with Gasteiger partial charge in [-0.15, -0.1) is 0 Å². The number of urea groups is 1. The summed E-state index contributed by atoms with van der Waals surface area (Å²) in [6.07, 6.45) is 0.526. The predicted molar refractivity (Wildman–Crippen MR) is 172 cm³/mol. The van der Waals surface area contributed by atoms with Crippen LogP contribution in [-0.4, -0.2) is 52.8 Å². The van der Waals surface area contributed by atoms with Gasteiger partial charge in [0.05, 0.1) is 18.8 Å². The fourth-order valence-corrected chi connectivity index (χ4v) is 5.92. The number of ether oxygens (including phenoxy) is 3. The maximum atomic E-state index is 13.1. The molecule has 2 fully saturated rings. The molecule has 0 unspecified atom stereocenters. The molecule has 3 aromatic carbocycles. The monoisotopic (exact) mass is 615 g/mol. The van der Waals surface area contributed by atoms with Crippen LogP contribution in [0.4, 0.5) is 10.5 Å². The number of carbonyl (C=O) groups is 2. The number of hydrogen-bond acceptors (Lipinski definition) is 7. The minimum atomic E-state index is -0.655. The van der Waals surface area contributed by atoms with Gasteiger partial charge in [0.15, 0.2) is 6.29 Å². The Morgan fingerprint density at radius 3 is 2.29 bits per heavy atom. The van der Waals surface area contributed by atoms with Crippen molar-refractivity contribution in [1.29, 1.82) is 0 Å². The number of nitrogens with zero attached hydrogens (tertiary/aromatic N) is 1. The van der Waals surface area contributed by atoms with Gasteiger partial charge in [-0.2, -0.15) is 0 Å². The number of aliphatic hydroxyl groups excluding tert-OH is 1. The summed E-state index contributed by atoms with van der Waals surface area (Å²) in [7, 11) is 0. The molecule has 2 aliphatic heterocycles. The minimum absolute atomic E-state index is 0.0182. The van der Waals surface area contributed by atoms with Crippen LogP contribution in [-0.2, 0) is 32.2 Å². The first-order valence-electron chi connectivity index (χ1n) is 15.8. The molecule has 2 aliphatic rings. The summed E-state index contributed by atoms with van der Waals surface area (Å²) >= 11 is 0. The first-order chi connectivity index (χ1) is 21.6. The Bertz CT molecular complexity index is 1410. The lowest BCUT2D eigenvalue weighted by atomic mass is 9.90. The van der Waals surface area contributed by atoms with Gasteiger partial charge in [-0.25, -0.2) is 4.79 Å². The average molecular weight is 616 g/mol. The molecule has 240 valence electrons. The number of hydrogen-bond donors (Lipinski definition) is 3. The van der Waals surface area contributed by atoms with Crippen molar-refractivity contribution in [3.05, 3.63) is 101 Å². The molecule has 45 heavy (non-hydrogen) atoms. The van der Waals surface area contributed by atoms with Crippen LogP contribution in [0.25, 0.3) is 0 Å². The van der Waals surface area contributed by atoms with Gasteiger partial charge in [-0.3, -0.25) is 9.69 Å². The highest BCUT2D eigenvalue weighted by Gasteiger charge is 2.42. The van der Waals surface area contributed by atoms with Crippen LogP contribution in [0, 0.1) is 5.92 Å². The number of amides is 2. The van der Waals surface area contributed by atoms with E-state index >= 15 is 0 Å². The molecule has 0 spiro atoms. The summed E-state index contributed by atoms with van der Waals surface area (Å²) in [5.74, 6) is -0.210. The van der Waals surface area contributed by atoms with E-state index in [1.165, 1.54) is 0 Å². The second-order valence-corrected chi connectivity index (χ2v) is 12.9. The highest BCUT2D eigenvalue weighted by molar-refractivity contribution is 5.89. The summed E-state index contributed by atoms with van der Waals surface area (Å²) in [6.45, 7) is 9.56. The lowest BCUT2D eigenvalue weighted by Gasteiger charge is -2.43. The van der Waals surface area contributed by atoms with Crippen molar-refractivity contribution in [2.24, 2.45) is 5.92 Å². The number of benzene rings is 3. The number of carbonyl (C=O) groups excluding carboxylic acids is 2. The molecule has 9 heteroatoms. The van der Waals surface area contributed by atoms with Crippen LogP contribution in [0.1, 0.15) is 75.2 Å². The van der Waals surface area contributed by atoms with Crippen LogP contribution >= 0.6 is 0 Å². The number of likely N-dealkylation sites (tertiary alicyclic amines) is 1. The summed E-state index contributed by atoms with van der Waals surface area (Å²) in [5, 5.41) is 15.3. The third-order valence-corrected chi connectivity index (χ3v) is 8.32. The van der Waals surface area contributed by atoms with E-state index in [1.54, 1.807) is 0 Å². The second kappa shape index (κ2) is 14.6. The smallest absolute Gasteiger partial charge is 0.323 e. The van der Waals surface area contributed by atoms with E-state index in [0.29, 0.717) is 18.8 Å². The minimum Gasteiger partial charge on any atom is -0.459 e. The molecule has 3 aromatic rings. The van der Waals surface area contributed by atoms with E-state index < -0.39 is 11.9 Å². The van der Waals surface area contributed by atoms with E-state index in [4.69, 9.17) is 14.2 Å². The predicted octanol–water partition coefficient (Wildman–Crippen LogP) is 6.10. The Labute approximate surface area is 265 Å². The summed E-state index contributed by atoms with van der Waals surface area (Å²) in [4.78, 5) is 27.7. The number of rotatable bonds is 9. The molecule has 3 N–H and O–H groups in total. The zero-order valence-corrected chi connectivity index (χ0v) is 26.6. The molecule has 0 saturated carbocycles. The largest absolute Gasteiger partial charge is 0.459 e. The zero-order valence-electron chi connectivity index (χ0n) is 26.6. The van der Waals surface area contributed by atoms with Crippen molar-refractivity contribution < 1.29 is 28.9 Å². The molecule has 2 heterocycles. The van der Waals surface area contributed by atoms with Crippen LogP contribution in [0.15, 0.2) is 78.9 Å². The lowest BCUT2D eigenvalue weighted by molar-refractivity contribution is -0.276. The van der Waals surface area contributed by atoms with Gasteiger partial charge in [0, 0.05) is 30.3 Å². The van der Waals surface area contributed by atoms with Crippen molar-refractivity contribution in [2.75, 3.05) is 18.4 Å². The van der Waals surface area contributed by atoms with Crippen LogP contribution in [0.2, 0.25) is 0 Å². The Kier molecular flexibility index (Phi) is 10.6. The first kappa shape index (κ1) is 32.6. The first-order valence-corrected chi connectivity index (χ1v) is 15.8. The molecular weight excluding hydrogens is 570 g/mol. The van der Waals surface area contributed by atoms with Gasteiger partial charge in [0.1, 0.15) is 11.6 Å². The number of nitrogens with one attached hydrogen (secondary N) is 2. The SMILES string of the molecule is C[C@@H]1[C@H](CN2CCC[C@H]2C(=O)OC(C)(C)C)O[C@H](c2ccc(NC(=O)NCc3ccccc3)cc2)O[C@@H]1c1ccc(CO)cc1. The third-order valence-electron chi connectivity index (χ3n) is 8.32. The Balaban J connectivity index is 1.30. The molecule has 2 amide bonds. The zero-order chi connectivity index (χ0) is 32.0. The Morgan fingerprint density at radius 1 is 0.933 bits per heavy atom. The van der Waals surface area contributed by atoms with Gasteiger partial charge in [0.2, 0.25) is 0 Å². The summed E-state index contributed by atoms with van der Waals surface area (Å²) < 4.78 is 19.0. The van der Waals surface area contributed by atoms with Crippen molar-refractivity contribution in [3.8, 4) is 0 Å². The van der Waals surface area contributed by atoms with Gasteiger partial charge < -0.3 is 30.0 Å². The maximum Gasteiger partial charge on any atom is 0.323 e. The fraction of sp³-hybridized carbons (Fsp3) is 0.444. The molecule has 2 saturated heterocycles. The van der Waals surface area contributed by atoms with Gasteiger partial charge in [-0.05, 0) is 69.0 Å². The molecule has 0 aromatic heterocycles. The fourth-order valence-electron chi connectivity index (χ4n) is 5.92. The van der Waals surface area contributed by atoms with Crippen LogP contribution < -0.4 is 10.6 Å². The summed E-state index contributed by atoms with van der Waals surface area (Å²) in [5.41, 5.74) is 3.78. The lowest BCUT2D eigenvalue weighted by Crippen LogP contribution is -2.48. The highest BCUT2D eigenvalue weighted by Crippen LogP contribution is 2.42. The molecule has 9 nitrogen and oxygen atoms in total. The molecular formula is C36H45N3O6. The normalized spacial score (nSPS) is 23.8. The maximum absolute atomic E-state index is 13.1. The van der Waals surface area contributed by atoms with Crippen molar-refractivity contribution in [1.82, 2.24) is 10.2 Å². The van der Waals surface area contributed by atoms with Gasteiger partial charge in [-0.1, -0.05) is 73.7 Å². The van der Waals surface area contributed by atoms with Crippen molar-refractivity contribution >= 4 is 17.7 Å². The van der Waals surface area contributed by atoms with Crippen LogP contribution in [0.5, 0.6) is 0 Å². The second-order valence-electron chi connectivity index (χ2n) is 12.9. The number of aliphatic hydroxyl groups is 1. The van der Waals surface area contributed by atoms with E-state index in [-0.39, 0.29) is 42.8 Å². The van der Waals surface area contributed by atoms with Crippen molar-refractivity contribution in [2.45, 2.75) is 83.8 Å². The average Bonchev–Trinajstić information content (AvgIpc) is 3.50. The third kappa shape index (κ3) is 8.70. The van der Waals surface area contributed by atoms with E-state index in [2.05, 4.69) is 22.5 Å². The van der Waals surface area contributed by atoms with Gasteiger partial charge in [0.25, 0.3) is 0 Å². The number of esters is 1. The standard InChI is InChI=1S/C36H45N3O6/c1-24-31(22-39-20-8-11-30(39)33(41)45-36(2,3)4)43-34(44-32(24)27-14-12-26(23-40)13-15-27)28-16-18-29(19-17-28)38-35(42)37-21-25-9-6-5-7-10-25/h5-7,9-10,12-19,24,30-32,34,40H,8,11,20-23H2,1-4H3,(H2,37,38,42)/t24-,30+,31+,32+,34+/m1/s1. The number of anilines is 1. The highest BCUT2D eigenvalue weighted by atomic mass is 16.7. The van der Waals surface area contributed by atoms with Crippen molar-refractivity contribution in [3.63, 3.8) is 0 Å². The molecule has 0 aliphatic carbocycles. The van der Waals surface area contributed by atoms with Crippen LogP contribution in [0.3, 0.4) is 0 Å². The molecule has 0 bridgehead atoms. The summed E-state index contributed by atoms with van der Waals surface area (Å²) in [6, 6.07) is 24.4. The van der Waals surface area contributed by atoms with E-state index in [1.807, 2.05) is 99.6 Å². The quantitative estimate of drug-likeness (QED) is 0.250. The molecule has 5 atom stereocenters. The Hall–Kier alpha value is -3.76.